The maximum absolute atomic E-state index is 5.86. The smallest absolute Gasteiger partial charge is 0.0406 e. The van der Waals surface area contributed by atoms with E-state index in [-0.39, 0.29) is 0 Å². The number of hydrogen-bond donors (Lipinski definition) is 1. The molecule has 1 nitrogen and oxygen atoms in total. The third kappa shape index (κ3) is 2.28. The van der Waals surface area contributed by atoms with E-state index in [0.717, 1.165) is 11.6 Å². The Hall–Kier alpha value is -0.530. The van der Waals surface area contributed by atoms with Crippen LogP contribution in [0.15, 0.2) is 24.3 Å². The molecule has 76 valence electrons. The maximum Gasteiger partial charge on any atom is 0.0406 e. The largest absolute Gasteiger partial charge is 0.314 e. The van der Waals surface area contributed by atoms with Gasteiger partial charge in [-0.05, 0) is 43.4 Å². The highest BCUT2D eigenvalue weighted by molar-refractivity contribution is 6.30. The van der Waals surface area contributed by atoms with Crippen LogP contribution in [0.1, 0.15) is 31.2 Å². The fourth-order valence-electron chi connectivity index (χ4n) is 2.02. The number of benzene rings is 1. The second-order valence-electron chi connectivity index (χ2n) is 4.14. The molecule has 0 bridgehead atoms. The van der Waals surface area contributed by atoms with E-state index in [0.29, 0.717) is 12.0 Å². The number of rotatable bonds is 1. The van der Waals surface area contributed by atoms with Crippen LogP contribution in [-0.2, 0) is 0 Å². The van der Waals surface area contributed by atoms with Gasteiger partial charge < -0.3 is 5.32 Å². The molecule has 0 spiro atoms. The van der Waals surface area contributed by atoms with E-state index in [1.165, 1.54) is 18.4 Å². The van der Waals surface area contributed by atoms with Gasteiger partial charge in [-0.15, -0.1) is 0 Å². The first-order chi connectivity index (χ1) is 6.75. The molecule has 1 heterocycles. The molecule has 0 saturated carbocycles. The van der Waals surface area contributed by atoms with Gasteiger partial charge in [0.25, 0.3) is 0 Å². The molecular formula is C12H16ClN. The highest BCUT2D eigenvalue weighted by atomic mass is 35.5. The third-order valence-corrected chi connectivity index (χ3v) is 3.25. The van der Waals surface area contributed by atoms with Crippen LogP contribution in [0.5, 0.6) is 0 Å². The van der Waals surface area contributed by atoms with Gasteiger partial charge in [0.1, 0.15) is 0 Å². The Morgan fingerprint density at radius 1 is 1.21 bits per heavy atom. The predicted octanol–water partition coefficient (Wildman–Crippen LogP) is 3.20. The minimum absolute atomic E-state index is 0.670. The lowest BCUT2D eigenvalue weighted by Gasteiger charge is -2.27. The molecule has 1 aliphatic rings. The van der Waals surface area contributed by atoms with Crippen molar-refractivity contribution in [2.45, 2.75) is 31.7 Å². The van der Waals surface area contributed by atoms with Crippen molar-refractivity contribution < 1.29 is 0 Å². The molecule has 0 aromatic heterocycles. The minimum Gasteiger partial charge on any atom is -0.314 e. The summed E-state index contributed by atoms with van der Waals surface area (Å²) in [5.74, 6) is 0.670. The van der Waals surface area contributed by atoms with Crippen LogP contribution in [-0.4, -0.2) is 12.6 Å². The van der Waals surface area contributed by atoms with Crippen LogP contribution in [0.4, 0.5) is 0 Å². The van der Waals surface area contributed by atoms with E-state index in [2.05, 4.69) is 24.4 Å². The molecule has 14 heavy (non-hydrogen) atoms. The summed E-state index contributed by atoms with van der Waals surface area (Å²) in [5, 5.41) is 4.34. The summed E-state index contributed by atoms with van der Waals surface area (Å²) in [6, 6.07) is 8.93. The predicted molar refractivity (Wildman–Crippen MR) is 60.9 cm³/mol. The molecule has 1 N–H and O–H groups in total. The second-order valence-corrected chi connectivity index (χ2v) is 4.57. The van der Waals surface area contributed by atoms with Crippen molar-refractivity contribution in [1.29, 1.82) is 0 Å². The average molecular weight is 210 g/mol. The Bertz CT molecular complexity index is 286. The van der Waals surface area contributed by atoms with E-state index >= 15 is 0 Å². The van der Waals surface area contributed by atoms with Crippen molar-refractivity contribution in [3.8, 4) is 0 Å². The monoisotopic (exact) mass is 209 g/mol. The summed E-state index contributed by atoms with van der Waals surface area (Å²) >= 11 is 5.86. The van der Waals surface area contributed by atoms with Gasteiger partial charge in [-0.3, -0.25) is 0 Å². The van der Waals surface area contributed by atoms with Crippen LogP contribution in [0.2, 0.25) is 5.02 Å². The molecule has 2 heteroatoms. The lowest BCUT2D eigenvalue weighted by molar-refractivity contribution is 0.385. The molecule has 2 atom stereocenters. The average Bonchev–Trinajstić information content (AvgIpc) is 2.21. The van der Waals surface area contributed by atoms with Gasteiger partial charge in [-0.2, -0.15) is 0 Å². The number of nitrogens with one attached hydrogen (secondary N) is 1. The van der Waals surface area contributed by atoms with E-state index in [1.54, 1.807) is 0 Å². The van der Waals surface area contributed by atoms with Crippen LogP contribution in [0.25, 0.3) is 0 Å². The van der Waals surface area contributed by atoms with Gasteiger partial charge in [0, 0.05) is 17.6 Å². The standard InChI is InChI=1S/C12H16ClN/c1-9-2-3-11(8-14-9)10-4-6-12(13)7-5-10/h4-7,9,11,14H,2-3,8H2,1H3. The summed E-state index contributed by atoms with van der Waals surface area (Å²) in [5.41, 5.74) is 1.41. The summed E-state index contributed by atoms with van der Waals surface area (Å²) in [6.45, 7) is 3.35. The van der Waals surface area contributed by atoms with Gasteiger partial charge in [0.05, 0.1) is 0 Å². The number of hydrogen-bond acceptors (Lipinski definition) is 1. The summed E-state index contributed by atoms with van der Waals surface area (Å²) in [7, 11) is 0. The van der Waals surface area contributed by atoms with Gasteiger partial charge in [-0.1, -0.05) is 23.7 Å². The zero-order valence-electron chi connectivity index (χ0n) is 8.46. The summed E-state index contributed by atoms with van der Waals surface area (Å²) in [4.78, 5) is 0. The molecule has 1 aromatic carbocycles. The van der Waals surface area contributed by atoms with E-state index in [1.807, 2.05) is 12.1 Å². The van der Waals surface area contributed by atoms with Crippen molar-refractivity contribution in [1.82, 2.24) is 5.32 Å². The topological polar surface area (TPSA) is 12.0 Å². The number of piperidine rings is 1. The highest BCUT2D eigenvalue weighted by Gasteiger charge is 2.18. The van der Waals surface area contributed by atoms with E-state index < -0.39 is 0 Å². The summed E-state index contributed by atoms with van der Waals surface area (Å²) in [6.07, 6.45) is 2.56. The normalized spacial score (nSPS) is 27.6. The van der Waals surface area contributed by atoms with Gasteiger partial charge in [0.15, 0.2) is 0 Å². The van der Waals surface area contributed by atoms with Crippen molar-refractivity contribution in [3.05, 3.63) is 34.9 Å². The first kappa shape index (κ1) is 10.0. The lowest BCUT2D eigenvalue weighted by atomic mass is 9.89. The molecule has 0 amide bonds. The molecule has 1 fully saturated rings. The molecule has 2 rings (SSSR count). The molecule has 1 saturated heterocycles. The fourth-order valence-corrected chi connectivity index (χ4v) is 2.14. The maximum atomic E-state index is 5.86. The second kappa shape index (κ2) is 4.33. The molecule has 2 unspecified atom stereocenters. The van der Waals surface area contributed by atoms with Crippen LogP contribution in [0, 0.1) is 0 Å². The van der Waals surface area contributed by atoms with Gasteiger partial charge >= 0.3 is 0 Å². The SMILES string of the molecule is CC1CCC(c2ccc(Cl)cc2)CN1. The Balaban J connectivity index is 2.05. The van der Waals surface area contributed by atoms with Crippen molar-refractivity contribution in [2.24, 2.45) is 0 Å². The van der Waals surface area contributed by atoms with Crippen LogP contribution < -0.4 is 5.32 Å². The van der Waals surface area contributed by atoms with Gasteiger partial charge in [0.2, 0.25) is 0 Å². The Labute approximate surface area is 90.5 Å². The Morgan fingerprint density at radius 3 is 2.50 bits per heavy atom. The first-order valence-electron chi connectivity index (χ1n) is 5.24. The van der Waals surface area contributed by atoms with E-state index in [4.69, 9.17) is 11.6 Å². The van der Waals surface area contributed by atoms with E-state index in [9.17, 15) is 0 Å². The van der Waals surface area contributed by atoms with Crippen LogP contribution in [0.3, 0.4) is 0 Å². The Kier molecular flexibility index (Phi) is 3.09. The third-order valence-electron chi connectivity index (χ3n) is 3.00. The van der Waals surface area contributed by atoms with Gasteiger partial charge in [-0.25, -0.2) is 0 Å². The number of halogens is 1. The van der Waals surface area contributed by atoms with Crippen molar-refractivity contribution in [2.75, 3.05) is 6.54 Å². The minimum atomic E-state index is 0.670. The quantitative estimate of drug-likeness (QED) is 0.749. The highest BCUT2D eigenvalue weighted by Crippen LogP contribution is 2.25. The summed E-state index contributed by atoms with van der Waals surface area (Å²) < 4.78 is 0. The molecular weight excluding hydrogens is 194 g/mol. The van der Waals surface area contributed by atoms with Crippen molar-refractivity contribution in [3.63, 3.8) is 0 Å². The fraction of sp³-hybridized carbons (Fsp3) is 0.500. The van der Waals surface area contributed by atoms with Crippen molar-refractivity contribution >= 4 is 11.6 Å². The first-order valence-corrected chi connectivity index (χ1v) is 5.62. The Morgan fingerprint density at radius 2 is 1.93 bits per heavy atom. The molecule has 0 radical (unpaired) electrons. The lowest BCUT2D eigenvalue weighted by Crippen LogP contribution is -2.35. The van der Waals surface area contributed by atoms with Crippen LogP contribution >= 0.6 is 11.6 Å². The molecule has 1 aromatic rings. The zero-order valence-corrected chi connectivity index (χ0v) is 9.22. The molecule has 0 aliphatic carbocycles. The zero-order chi connectivity index (χ0) is 9.97. The molecule has 1 aliphatic heterocycles.